The number of hydrogen-bond donors (Lipinski definition) is 1. The number of rotatable bonds is 3. The number of nitrogens with zero attached hydrogens (tertiary/aromatic N) is 4. The Morgan fingerprint density at radius 1 is 1.50 bits per heavy atom. The van der Waals surface area contributed by atoms with Crippen LogP contribution in [0, 0.1) is 6.92 Å². The fourth-order valence-electron chi connectivity index (χ4n) is 1.27. The standard InChI is InChI=1S/C10H15N5O/c1-7-4-5-12-15(7)6-8-13-9(14-16-8)10(2,3)11/h4-5H,6,11H2,1-3H3. The van der Waals surface area contributed by atoms with Crippen LogP contribution in [0.25, 0.3) is 0 Å². The van der Waals surface area contributed by atoms with E-state index in [2.05, 4.69) is 15.2 Å². The Morgan fingerprint density at radius 3 is 2.75 bits per heavy atom. The summed E-state index contributed by atoms with van der Waals surface area (Å²) in [5.41, 5.74) is 6.33. The molecule has 0 radical (unpaired) electrons. The van der Waals surface area contributed by atoms with Gasteiger partial charge in [0, 0.05) is 11.9 Å². The lowest BCUT2D eigenvalue weighted by atomic mass is 10.1. The lowest BCUT2D eigenvalue weighted by molar-refractivity contribution is 0.350. The molecule has 2 rings (SSSR count). The van der Waals surface area contributed by atoms with Gasteiger partial charge in [-0.3, -0.25) is 4.68 Å². The minimum atomic E-state index is -0.582. The van der Waals surface area contributed by atoms with Crippen LogP contribution < -0.4 is 5.73 Å². The highest BCUT2D eigenvalue weighted by atomic mass is 16.5. The molecule has 2 aromatic heterocycles. The third-order valence-electron chi connectivity index (χ3n) is 2.26. The normalized spacial score (nSPS) is 12.0. The first-order valence-electron chi connectivity index (χ1n) is 5.07. The van der Waals surface area contributed by atoms with Gasteiger partial charge in [0.1, 0.15) is 6.54 Å². The number of nitrogens with two attached hydrogens (primary N) is 1. The fraction of sp³-hybridized carbons (Fsp3) is 0.500. The fourth-order valence-corrected chi connectivity index (χ4v) is 1.27. The molecule has 0 fully saturated rings. The molecule has 0 bridgehead atoms. The van der Waals surface area contributed by atoms with Crippen molar-refractivity contribution < 1.29 is 4.52 Å². The van der Waals surface area contributed by atoms with E-state index in [4.69, 9.17) is 10.3 Å². The number of aryl methyl sites for hydroxylation is 1. The van der Waals surface area contributed by atoms with E-state index in [-0.39, 0.29) is 0 Å². The van der Waals surface area contributed by atoms with Gasteiger partial charge in [-0.25, -0.2) is 0 Å². The zero-order chi connectivity index (χ0) is 11.8. The van der Waals surface area contributed by atoms with Gasteiger partial charge in [-0.2, -0.15) is 10.1 Å². The summed E-state index contributed by atoms with van der Waals surface area (Å²) in [4.78, 5) is 4.23. The summed E-state index contributed by atoms with van der Waals surface area (Å²) in [6.45, 7) is 6.11. The molecule has 0 spiro atoms. The van der Waals surface area contributed by atoms with Crippen LogP contribution in [0.2, 0.25) is 0 Å². The highest BCUT2D eigenvalue weighted by Gasteiger charge is 2.21. The summed E-state index contributed by atoms with van der Waals surface area (Å²) >= 11 is 0. The molecule has 6 heteroatoms. The average molecular weight is 221 g/mol. The zero-order valence-electron chi connectivity index (χ0n) is 9.64. The molecular formula is C10H15N5O. The highest BCUT2D eigenvalue weighted by Crippen LogP contribution is 2.13. The van der Waals surface area contributed by atoms with E-state index < -0.39 is 5.54 Å². The van der Waals surface area contributed by atoms with Gasteiger partial charge in [0.25, 0.3) is 0 Å². The smallest absolute Gasteiger partial charge is 0.248 e. The Hall–Kier alpha value is -1.69. The quantitative estimate of drug-likeness (QED) is 0.829. The molecule has 0 atom stereocenters. The predicted molar refractivity (Wildman–Crippen MR) is 57.6 cm³/mol. The molecule has 0 saturated carbocycles. The van der Waals surface area contributed by atoms with Crippen molar-refractivity contribution in [3.63, 3.8) is 0 Å². The second-order valence-corrected chi connectivity index (χ2v) is 4.36. The molecule has 0 aliphatic carbocycles. The van der Waals surface area contributed by atoms with Crippen molar-refractivity contribution in [2.45, 2.75) is 32.9 Å². The molecule has 0 unspecified atom stereocenters. The van der Waals surface area contributed by atoms with Crippen LogP contribution >= 0.6 is 0 Å². The van der Waals surface area contributed by atoms with E-state index >= 15 is 0 Å². The van der Waals surface area contributed by atoms with Crippen LogP contribution in [0.4, 0.5) is 0 Å². The zero-order valence-corrected chi connectivity index (χ0v) is 9.64. The van der Waals surface area contributed by atoms with Crippen LogP contribution in [0.15, 0.2) is 16.8 Å². The van der Waals surface area contributed by atoms with Crippen LogP contribution in [0.5, 0.6) is 0 Å². The van der Waals surface area contributed by atoms with E-state index in [1.165, 1.54) is 0 Å². The second kappa shape index (κ2) is 3.71. The number of aromatic nitrogens is 4. The molecule has 0 aliphatic rings. The largest absolute Gasteiger partial charge is 0.337 e. The van der Waals surface area contributed by atoms with Crippen molar-refractivity contribution in [1.82, 2.24) is 19.9 Å². The summed E-state index contributed by atoms with van der Waals surface area (Å²) in [5.74, 6) is 1.02. The second-order valence-electron chi connectivity index (χ2n) is 4.36. The van der Waals surface area contributed by atoms with Crippen molar-refractivity contribution in [3.05, 3.63) is 29.7 Å². The van der Waals surface area contributed by atoms with Gasteiger partial charge >= 0.3 is 0 Å². The minimum Gasteiger partial charge on any atom is -0.337 e. The summed E-state index contributed by atoms with van der Waals surface area (Å²) in [6, 6.07) is 1.92. The lowest BCUT2D eigenvalue weighted by Crippen LogP contribution is -2.30. The summed E-state index contributed by atoms with van der Waals surface area (Å²) < 4.78 is 6.91. The van der Waals surface area contributed by atoms with Gasteiger partial charge in [0.2, 0.25) is 5.89 Å². The van der Waals surface area contributed by atoms with E-state index in [9.17, 15) is 0 Å². The SMILES string of the molecule is Cc1ccnn1Cc1nc(C(C)(C)N)no1. The van der Waals surface area contributed by atoms with Crippen LogP contribution in [0.1, 0.15) is 31.3 Å². The molecule has 2 N–H and O–H groups in total. The third-order valence-corrected chi connectivity index (χ3v) is 2.26. The molecule has 86 valence electrons. The van der Waals surface area contributed by atoms with E-state index in [1.807, 2.05) is 26.8 Å². The topological polar surface area (TPSA) is 82.8 Å². The Bertz CT molecular complexity index is 479. The first-order valence-corrected chi connectivity index (χ1v) is 5.07. The van der Waals surface area contributed by atoms with Gasteiger partial charge in [-0.1, -0.05) is 5.16 Å². The molecule has 0 aromatic carbocycles. The van der Waals surface area contributed by atoms with Crippen LogP contribution in [0.3, 0.4) is 0 Å². The van der Waals surface area contributed by atoms with Crippen molar-refractivity contribution in [2.75, 3.05) is 0 Å². The molecule has 0 aliphatic heterocycles. The maximum Gasteiger partial charge on any atom is 0.248 e. The highest BCUT2D eigenvalue weighted by molar-refractivity contribution is 5.01. The Kier molecular flexibility index (Phi) is 2.51. The van der Waals surface area contributed by atoms with Gasteiger partial charge < -0.3 is 10.3 Å². The van der Waals surface area contributed by atoms with Crippen LogP contribution in [-0.4, -0.2) is 19.9 Å². The van der Waals surface area contributed by atoms with Crippen molar-refractivity contribution >= 4 is 0 Å². The average Bonchev–Trinajstić information content (AvgIpc) is 2.76. The number of hydrogen-bond acceptors (Lipinski definition) is 5. The van der Waals surface area contributed by atoms with Crippen molar-refractivity contribution in [2.24, 2.45) is 5.73 Å². The molecular weight excluding hydrogens is 206 g/mol. The van der Waals surface area contributed by atoms with E-state index in [0.29, 0.717) is 18.3 Å². The molecule has 2 aromatic rings. The Morgan fingerprint density at radius 2 is 2.25 bits per heavy atom. The summed E-state index contributed by atoms with van der Waals surface area (Å²) in [7, 11) is 0. The molecule has 2 heterocycles. The Balaban J connectivity index is 2.18. The van der Waals surface area contributed by atoms with E-state index in [1.54, 1.807) is 10.9 Å². The van der Waals surface area contributed by atoms with Gasteiger partial charge in [0.15, 0.2) is 5.82 Å². The van der Waals surface area contributed by atoms with Gasteiger partial charge in [-0.15, -0.1) is 0 Å². The van der Waals surface area contributed by atoms with E-state index in [0.717, 1.165) is 5.69 Å². The summed E-state index contributed by atoms with van der Waals surface area (Å²) in [5, 5.41) is 7.99. The van der Waals surface area contributed by atoms with Gasteiger partial charge in [-0.05, 0) is 26.8 Å². The molecule has 0 saturated heterocycles. The first-order chi connectivity index (χ1) is 7.47. The lowest BCUT2D eigenvalue weighted by Gasteiger charge is -2.11. The molecule has 0 amide bonds. The summed E-state index contributed by atoms with van der Waals surface area (Å²) in [6.07, 6.45) is 1.74. The third kappa shape index (κ3) is 2.11. The predicted octanol–water partition coefficient (Wildman–Crippen LogP) is 0.817. The molecule has 6 nitrogen and oxygen atoms in total. The van der Waals surface area contributed by atoms with Crippen molar-refractivity contribution in [1.29, 1.82) is 0 Å². The monoisotopic (exact) mass is 221 g/mol. The van der Waals surface area contributed by atoms with Crippen molar-refractivity contribution in [3.8, 4) is 0 Å². The Labute approximate surface area is 93.4 Å². The molecule has 16 heavy (non-hydrogen) atoms. The van der Waals surface area contributed by atoms with Crippen LogP contribution in [-0.2, 0) is 12.1 Å². The van der Waals surface area contributed by atoms with Gasteiger partial charge in [0.05, 0.1) is 5.54 Å². The minimum absolute atomic E-state index is 0.474. The maximum absolute atomic E-state index is 5.87. The first kappa shape index (κ1) is 10.8. The maximum atomic E-state index is 5.87.